The maximum atomic E-state index is 12.8. The van der Waals surface area contributed by atoms with Gasteiger partial charge in [-0.3, -0.25) is 4.79 Å². The zero-order valence-electron chi connectivity index (χ0n) is 11.5. The third kappa shape index (κ3) is 2.94. The van der Waals surface area contributed by atoms with Crippen molar-refractivity contribution in [2.75, 3.05) is 17.2 Å². The average molecular weight is 342 g/mol. The molecule has 1 unspecified atom stereocenters. The summed E-state index contributed by atoms with van der Waals surface area (Å²) in [5, 5.41) is 2.14. The summed E-state index contributed by atoms with van der Waals surface area (Å²) in [7, 11) is -4.59. The maximum Gasteiger partial charge on any atom is 0.302 e. The fourth-order valence-corrected chi connectivity index (χ4v) is 3.97. The van der Waals surface area contributed by atoms with E-state index in [-0.39, 0.29) is 18.9 Å². The molecule has 4 nitrogen and oxygen atoms in total. The molecule has 116 valence electrons. The van der Waals surface area contributed by atoms with E-state index < -0.39 is 21.9 Å². The third-order valence-electron chi connectivity index (χ3n) is 3.76. The number of fused-ring (bicyclic) bond motifs is 1. The van der Waals surface area contributed by atoms with Gasteiger partial charge in [0.25, 0.3) is 0 Å². The molecule has 0 aromatic heterocycles. The lowest BCUT2D eigenvalue weighted by Gasteiger charge is -2.19. The number of carbonyl (C=O) groups is 1. The predicted octanol–water partition coefficient (Wildman–Crippen LogP) is 3.15. The first-order valence-electron chi connectivity index (χ1n) is 6.75. The van der Waals surface area contributed by atoms with Crippen LogP contribution in [0.2, 0.25) is 5.02 Å². The molecular weight excluding hydrogens is 329 g/mol. The molecule has 1 amide bonds. The van der Waals surface area contributed by atoms with E-state index in [1.165, 1.54) is 4.90 Å². The number of hydrogen-bond donors (Lipinski definition) is 0. The molecule has 1 heterocycles. The van der Waals surface area contributed by atoms with Gasteiger partial charge in [0.2, 0.25) is 5.91 Å². The van der Waals surface area contributed by atoms with E-state index in [1.54, 1.807) is 18.2 Å². The van der Waals surface area contributed by atoms with Crippen molar-refractivity contribution in [3.8, 4) is 0 Å². The van der Waals surface area contributed by atoms with Gasteiger partial charge in [-0.25, -0.2) is 0 Å². The molecule has 1 aliphatic heterocycles. The molecule has 1 atom stereocenters. The van der Waals surface area contributed by atoms with Gasteiger partial charge in [0.05, 0.1) is 16.5 Å². The van der Waals surface area contributed by atoms with Crippen LogP contribution in [-0.2, 0) is 15.0 Å². The zero-order chi connectivity index (χ0) is 15.9. The lowest BCUT2D eigenvalue weighted by molar-refractivity contribution is -0.117. The Kier molecular flexibility index (Phi) is 3.82. The molecule has 0 radical (unpaired) electrons. The van der Waals surface area contributed by atoms with E-state index in [1.807, 2.05) is 18.2 Å². The van der Waals surface area contributed by atoms with Gasteiger partial charge in [-0.1, -0.05) is 35.9 Å². The van der Waals surface area contributed by atoms with E-state index in [4.69, 9.17) is 11.6 Å². The van der Waals surface area contributed by atoms with Crippen LogP contribution in [0.4, 0.5) is 9.57 Å². The second-order valence-corrected chi connectivity index (χ2v) is 7.21. The van der Waals surface area contributed by atoms with E-state index in [2.05, 4.69) is 0 Å². The number of amides is 1. The highest BCUT2D eigenvalue weighted by molar-refractivity contribution is 7.86. The summed E-state index contributed by atoms with van der Waals surface area (Å²) in [6, 6.07) is 10.9. The maximum absolute atomic E-state index is 12.8. The summed E-state index contributed by atoms with van der Waals surface area (Å²) in [5.41, 5.74) is 0.631. The minimum Gasteiger partial charge on any atom is -0.311 e. The summed E-state index contributed by atoms with van der Waals surface area (Å²) in [6.45, 7) is 0.173. The Morgan fingerprint density at radius 2 is 1.91 bits per heavy atom. The number of hydrogen-bond acceptors (Lipinski definition) is 3. The topological polar surface area (TPSA) is 54.5 Å². The molecule has 0 saturated carbocycles. The van der Waals surface area contributed by atoms with E-state index >= 15 is 0 Å². The highest BCUT2D eigenvalue weighted by atomic mass is 35.5. The van der Waals surface area contributed by atoms with Gasteiger partial charge in [-0.2, -0.15) is 8.42 Å². The van der Waals surface area contributed by atoms with Gasteiger partial charge < -0.3 is 4.90 Å². The molecule has 0 N–H and O–H groups in total. The molecule has 3 rings (SSSR count). The Labute approximate surface area is 132 Å². The summed E-state index contributed by atoms with van der Waals surface area (Å²) < 4.78 is 34.4. The van der Waals surface area contributed by atoms with Gasteiger partial charge in [0.15, 0.2) is 0 Å². The number of halogens is 2. The Morgan fingerprint density at radius 3 is 2.59 bits per heavy atom. The first kappa shape index (κ1) is 15.2. The van der Waals surface area contributed by atoms with Crippen LogP contribution in [0.25, 0.3) is 10.8 Å². The SMILES string of the molecule is O=C1CC(CS(=O)(=O)F)CN1c1cccc2cccc(Cl)c12. The monoisotopic (exact) mass is 341 g/mol. The summed E-state index contributed by atoms with van der Waals surface area (Å²) in [4.78, 5) is 13.7. The number of anilines is 1. The highest BCUT2D eigenvalue weighted by Crippen LogP contribution is 2.36. The quantitative estimate of drug-likeness (QED) is 0.806. The van der Waals surface area contributed by atoms with Crippen molar-refractivity contribution in [1.82, 2.24) is 0 Å². The molecule has 1 saturated heterocycles. The second-order valence-electron chi connectivity index (χ2n) is 5.40. The van der Waals surface area contributed by atoms with Crippen LogP contribution in [0.3, 0.4) is 0 Å². The minimum absolute atomic E-state index is 0.0178. The van der Waals surface area contributed by atoms with Crippen LogP contribution >= 0.6 is 11.6 Å². The van der Waals surface area contributed by atoms with E-state index in [0.717, 1.165) is 10.8 Å². The smallest absolute Gasteiger partial charge is 0.302 e. The van der Waals surface area contributed by atoms with Crippen molar-refractivity contribution in [1.29, 1.82) is 0 Å². The van der Waals surface area contributed by atoms with Crippen molar-refractivity contribution in [2.24, 2.45) is 5.92 Å². The van der Waals surface area contributed by atoms with Gasteiger partial charge in [-0.05, 0) is 17.5 Å². The van der Waals surface area contributed by atoms with Gasteiger partial charge >= 0.3 is 10.2 Å². The van der Waals surface area contributed by atoms with Crippen LogP contribution in [-0.4, -0.2) is 26.6 Å². The minimum atomic E-state index is -4.59. The lowest BCUT2D eigenvalue weighted by Crippen LogP contribution is -2.25. The van der Waals surface area contributed by atoms with Crippen LogP contribution in [0.15, 0.2) is 36.4 Å². The van der Waals surface area contributed by atoms with Gasteiger partial charge in [0.1, 0.15) is 0 Å². The number of carbonyl (C=O) groups excluding carboxylic acids is 1. The molecule has 7 heteroatoms. The van der Waals surface area contributed by atoms with E-state index in [9.17, 15) is 17.1 Å². The Balaban J connectivity index is 2.00. The summed E-state index contributed by atoms with van der Waals surface area (Å²) in [6.07, 6.45) is 0.0178. The zero-order valence-corrected chi connectivity index (χ0v) is 13.1. The Morgan fingerprint density at radius 1 is 1.23 bits per heavy atom. The molecule has 2 aromatic rings. The average Bonchev–Trinajstić information content (AvgIpc) is 2.77. The normalized spacial score (nSPS) is 19.1. The Hall–Kier alpha value is -1.66. The van der Waals surface area contributed by atoms with E-state index in [0.29, 0.717) is 10.7 Å². The van der Waals surface area contributed by atoms with Crippen molar-refractivity contribution >= 4 is 44.2 Å². The number of benzene rings is 2. The molecular formula is C15H13ClFNO3S. The molecule has 0 bridgehead atoms. The van der Waals surface area contributed by atoms with Crippen molar-refractivity contribution in [2.45, 2.75) is 6.42 Å². The Bertz CT molecular complexity index is 848. The molecule has 1 aliphatic rings. The van der Waals surface area contributed by atoms with Crippen molar-refractivity contribution < 1.29 is 17.1 Å². The largest absolute Gasteiger partial charge is 0.311 e. The second kappa shape index (κ2) is 5.52. The summed E-state index contributed by atoms with van der Waals surface area (Å²) >= 11 is 6.24. The first-order chi connectivity index (χ1) is 10.3. The van der Waals surface area contributed by atoms with Crippen LogP contribution in [0.5, 0.6) is 0 Å². The summed E-state index contributed by atoms with van der Waals surface area (Å²) in [5.74, 6) is -1.39. The molecule has 0 spiro atoms. The first-order valence-corrected chi connectivity index (χ1v) is 8.68. The lowest BCUT2D eigenvalue weighted by atomic mass is 10.1. The molecule has 0 aliphatic carbocycles. The van der Waals surface area contributed by atoms with Crippen LogP contribution in [0.1, 0.15) is 6.42 Å². The number of nitrogens with zero attached hydrogens (tertiary/aromatic N) is 1. The standard InChI is InChI=1S/C15H13ClFNO3S/c16-12-5-1-3-11-4-2-6-13(15(11)12)18-8-10(7-14(18)19)9-22(17,20)21/h1-6,10H,7-9H2. The van der Waals surface area contributed by atoms with Gasteiger partial charge in [0, 0.05) is 24.3 Å². The fraction of sp³-hybridized carbons (Fsp3) is 0.267. The van der Waals surface area contributed by atoms with Crippen molar-refractivity contribution in [3.63, 3.8) is 0 Å². The molecule has 22 heavy (non-hydrogen) atoms. The predicted molar refractivity (Wildman–Crippen MR) is 84.3 cm³/mol. The van der Waals surface area contributed by atoms with Gasteiger partial charge in [-0.15, -0.1) is 3.89 Å². The fourth-order valence-electron chi connectivity index (χ4n) is 2.91. The molecule has 2 aromatic carbocycles. The third-order valence-corrected chi connectivity index (χ3v) is 4.95. The highest BCUT2D eigenvalue weighted by Gasteiger charge is 2.34. The number of rotatable bonds is 3. The van der Waals surface area contributed by atoms with Crippen LogP contribution < -0.4 is 4.90 Å². The van der Waals surface area contributed by atoms with Crippen LogP contribution in [0, 0.1) is 5.92 Å². The van der Waals surface area contributed by atoms with Crippen molar-refractivity contribution in [3.05, 3.63) is 41.4 Å². The molecule has 1 fully saturated rings.